The maximum atomic E-state index is 12.1. The largest absolute Gasteiger partial charge is 0.393 e. The molecule has 7 heteroatoms. The molecule has 0 aromatic carbocycles. The van der Waals surface area contributed by atoms with Crippen LogP contribution in [0.15, 0.2) is 17.3 Å². The Morgan fingerprint density at radius 1 is 1.62 bits per heavy atom. The molecular formula is C9H15N3O3S. The average molecular weight is 245 g/mol. The van der Waals surface area contributed by atoms with Crippen LogP contribution < -0.4 is 0 Å². The van der Waals surface area contributed by atoms with Gasteiger partial charge in [-0.25, -0.2) is 8.42 Å². The molecule has 1 aromatic rings. The van der Waals surface area contributed by atoms with Crippen LogP contribution in [-0.2, 0) is 10.0 Å². The number of aromatic amines is 1. The number of hydrogen-bond donors (Lipinski definition) is 2. The lowest BCUT2D eigenvalue weighted by atomic mass is 9.99. The molecule has 90 valence electrons. The minimum atomic E-state index is -3.47. The Morgan fingerprint density at radius 2 is 2.38 bits per heavy atom. The van der Waals surface area contributed by atoms with E-state index in [1.807, 2.05) is 6.92 Å². The molecule has 1 fully saturated rings. The minimum Gasteiger partial charge on any atom is -0.393 e. The highest BCUT2D eigenvalue weighted by Crippen LogP contribution is 2.22. The summed E-state index contributed by atoms with van der Waals surface area (Å²) in [5, 5.41) is 15.8. The normalized spacial score (nSPS) is 28.1. The number of nitrogens with zero attached hydrogens (tertiary/aromatic N) is 2. The van der Waals surface area contributed by atoms with E-state index in [0.717, 1.165) is 0 Å². The summed E-state index contributed by atoms with van der Waals surface area (Å²) in [7, 11) is -3.47. The highest BCUT2D eigenvalue weighted by molar-refractivity contribution is 7.89. The molecule has 0 spiro atoms. The maximum absolute atomic E-state index is 12.1. The number of hydrogen-bond acceptors (Lipinski definition) is 4. The molecule has 6 nitrogen and oxygen atoms in total. The topological polar surface area (TPSA) is 86.3 Å². The van der Waals surface area contributed by atoms with Gasteiger partial charge in [-0.2, -0.15) is 9.40 Å². The fourth-order valence-electron chi connectivity index (χ4n) is 1.84. The minimum absolute atomic E-state index is 0.0357. The average Bonchev–Trinajstić information content (AvgIpc) is 2.75. The van der Waals surface area contributed by atoms with Gasteiger partial charge in [0.2, 0.25) is 0 Å². The molecule has 1 saturated heterocycles. The summed E-state index contributed by atoms with van der Waals surface area (Å²) in [5.41, 5.74) is 0. The standard InChI is InChI=1S/C9H15N3O3S/c1-7-6-12(5-3-8(7)13)16(14,15)9-2-4-10-11-9/h2,4,7-8,13H,3,5-6H2,1H3,(H,10,11). The van der Waals surface area contributed by atoms with Crippen molar-refractivity contribution >= 4 is 10.0 Å². The molecule has 16 heavy (non-hydrogen) atoms. The summed E-state index contributed by atoms with van der Waals surface area (Å²) < 4.78 is 25.5. The number of rotatable bonds is 2. The van der Waals surface area contributed by atoms with Gasteiger partial charge in [0.05, 0.1) is 12.3 Å². The van der Waals surface area contributed by atoms with Crippen molar-refractivity contribution in [3.8, 4) is 0 Å². The molecule has 2 unspecified atom stereocenters. The highest BCUT2D eigenvalue weighted by Gasteiger charge is 2.33. The first-order valence-corrected chi connectivity index (χ1v) is 6.63. The Hall–Kier alpha value is -0.920. The van der Waals surface area contributed by atoms with Gasteiger partial charge < -0.3 is 5.11 Å². The Kier molecular flexibility index (Phi) is 3.00. The summed E-state index contributed by atoms with van der Waals surface area (Å²) in [5.74, 6) is -0.0357. The van der Waals surface area contributed by atoms with Crippen molar-refractivity contribution in [2.24, 2.45) is 5.92 Å². The van der Waals surface area contributed by atoms with Crippen molar-refractivity contribution in [3.05, 3.63) is 12.3 Å². The molecule has 1 aliphatic heterocycles. The van der Waals surface area contributed by atoms with Crippen molar-refractivity contribution in [2.45, 2.75) is 24.5 Å². The van der Waals surface area contributed by atoms with Crippen molar-refractivity contribution < 1.29 is 13.5 Å². The molecule has 2 N–H and O–H groups in total. The molecular weight excluding hydrogens is 230 g/mol. The Balaban J connectivity index is 2.20. The zero-order valence-electron chi connectivity index (χ0n) is 9.00. The molecule has 0 aliphatic carbocycles. The SMILES string of the molecule is CC1CN(S(=O)(=O)c2ccn[nH]2)CCC1O. The molecule has 0 saturated carbocycles. The summed E-state index contributed by atoms with van der Waals surface area (Å²) in [6.07, 6.45) is 1.48. The first-order valence-electron chi connectivity index (χ1n) is 5.19. The lowest BCUT2D eigenvalue weighted by Crippen LogP contribution is -2.44. The lowest BCUT2D eigenvalue weighted by molar-refractivity contribution is 0.0628. The lowest BCUT2D eigenvalue weighted by Gasteiger charge is -2.32. The number of aliphatic hydroxyl groups is 1. The van der Waals surface area contributed by atoms with Crippen LogP contribution in [0.5, 0.6) is 0 Å². The first kappa shape index (κ1) is 11.6. The fourth-order valence-corrected chi connectivity index (χ4v) is 3.30. The summed E-state index contributed by atoms with van der Waals surface area (Å²) in [6.45, 7) is 2.55. The van der Waals surface area contributed by atoms with E-state index in [4.69, 9.17) is 0 Å². The molecule has 0 bridgehead atoms. The van der Waals surface area contributed by atoms with Crippen molar-refractivity contribution in [1.82, 2.24) is 14.5 Å². The van der Waals surface area contributed by atoms with Crippen molar-refractivity contribution in [1.29, 1.82) is 0 Å². The van der Waals surface area contributed by atoms with Gasteiger partial charge in [0.25, 0.3) is 10.0 Å². The van der Waals surface area contributed by atoms with Crippen molar-refractivity contribution in [3.63, 3.8) is 0 Å². The number of piperidine rings is 1. The third kappa shape index (κ3) is 1.98. The second-order valence-electron chi connectivity index (χ2n) is 4.12. The van der Waals surface area contributed by atoms with Gasteiger partial charge in [-0.05, 0) is 18.4 Å². The quantitative estimate of drug-likeness (QED) is 0.755. The monoisotopic (exact) mass is 245 g/mol. The van der Waals surface area contributed by atoms with E-state index < -0.39 is 16.1 Å². The van der Waals surface area contributed by atoms with Gasteiger partial charge in [-0.1, -0.05) is 6.92 Å². The van der Waals surface area contributed by atoms with E-state index in [0.29, 0.717) is 19.5 Å². The molecule has 2 atom stereocenters. The zero-order chi connectivity index (χ0) is 11.8. The van der Waals surface area contributed by atoms with Crippen LogP contribution >= 0.6 is 0 Å². The van der Waals surface area contributed by atoms with Gasteiger partial charge in [0, 0.05) is 13.1 Å². The predicted octanol–water partition coefficient (Wildman–Crippen LogP) is -0.199. The van der Waals surface area contributed by atoms with E-state index in [1.54, 1.807) is 0 Å². The summed E-state index contributed by atoms with van der Waals surface area (Å²) >= 11 is 0. The van der Waals surface area contributed by atoms with Crippen molar-refractivity contribution in [2.75, 3.05) is 13.1 Å². The van der Waals surface area contributed by atoms with E-state index >= 15 is 0 Å². The second-order valence-corrected chi connectivity index (χ2v) is 6.02. The number of sulfonamides is 1. The number of aliphatic hydroxyl groups excluding tert-OH is 1. The van der Waals surface area contributed by atoms with Gasteiger partial charge in [-0.3, -0.25) is 5.10 Å². The van der Waals surface area contributed by atoms with Crippen LogP contribution in [-0.4, -0.2) is 47.2 Å². The van der Waals surface area contributed by atoms with Crippen LogP contribution in [0.1, 0.15) is 13.3 Å². The Bertz CT molecular complexity index is 443. The first-order chi connectivity index (χ1) is 7.51. The Morgan fingerprint density at radius 3 is 2.94 bits per heavy atom. The smallest absolute Gasteiger partial charge is 0.259 e. The summed E-state index contributed by atoms with van der Waals surface area (Å²) in [6, 6.07) is 1.44. The van der Waals surface area contributed by atoms with E-state index in [2.05, 4.69) is 10.2 Å². The van der Waals surface area contributed by atoms with Crippen LogP contribution in [0.25, 0.3) is 0 Å². The predicted molar refractivity (Wildman–Crippen MR) is 57.1 cm³/mol. The van der Waals surface area contributed by atoms with E-state index in [1.165, 1.54) is 16.6 Å². The van der Waals surface area contributed by atoms with E-state index in [9.17, 15) is 13.5 Å². The van der Waals surface area contributed by atoms with Gasteiger partial charge >= 0.3 is 0 Å². The molecule has 1 aliphatic rings. The number of H-pyrrole nitrogens is 1. The Labute approximate surface area is 94.3 Å². The third-order valence-corrected chi connectivity index (χ3v) is 4.71. The van der Waals surface area contributed by atoms with Gasteiger partial charge in [0.15, 0.2) is 5.03 Å². The van der Waals surface area contributed by atoms with Gasteiger partial charge in [-0.15, -0.1) is 0 Å². The second kappa shape index (κ2) is 4.15. The molecule has 0 amide bonds. The number of aromatic nitrogens is 2. The highest BCUT2D eigenvalue weighted by atomic mass is 32.2. The van der Waals surface area contributed by atoms with Gasteiger partial charge in [0.1, 0.15) is 0 Å². The molecule has 2 heterocycles. The molecule has 2 rings (SSSR count). The third-order valence-electron chi connectivity index (χ3n) is 2.92. The van der Waals surface area contributed by atoms with Crippen LogP contribution in [0.3, 0.4) is 0 Å². The van der Waals surface area contributed by atoms with Crippen LogP contribution in [0.2, 0.25) is 0 Å². The molecule has 1 aromatic heterocycles. The van der Waals surface area contributed by atoms with E-state index in [-0.39, 0.29) is 10.9 Å². The molecule has 0 radical (unpaired) electrons. The van der Waals surface area contributed by atoms with Crippen LogP contribution in [0.4, 0.5) is 0 Å². The number of nitrogens with one attached hydrogen (secondary N) is 1. The zero-order valence-corrected chi connectivity index (χ0v) is 9.81. The summed E-state index contributed by atoms with van der Waals surface area (Å²) in [4.78, 5) is 0. The fraction of sp³-hybridized carbons (Fsp3) is 0.667. The van der Waals surface area contributed by atoms with Crippen LogP contribution in [0, 0.1) is 5.92 Å². The maximum Gasteiger partial charge on any atom is 0.259 e.